The minimum atomic E-state index is 1.24. The Bertz CT molecular complexity index is 555. The lowest BCUT2D eigenvalue weighted by atomic mass is 9.95. The van der Waals surface area contributed by atoms with Crippen molar-refractivity contribution in [1.29, 1.82) is 0 Å². The van der Waals surface area contributed by atoms with E-state index < -0.39 is 0 Å². The van der Waals surface area contributed by atoms with E-state index in [9.17, 15) is 0 Å². The third-order valence-electron chi connectivity index (χ3n) is 9.46. The Balaban J connectivity index is 2.35. The van der Waals surface area contributed by atoms with Crippen LogP contribution < -0.4 is 0 Å². The van der Waals surface area contributed by atoms with Crippen LogP contribution in [-0.4, -0.2) is 0 Å². The first kappa shape index (κ1) is 39.2. The fourth-order valence-corrected chi connectivity index (χ4v) is 6.60. The molecule has 0 nitrogen and oxygen atoms in total. The molecule has 1 aromatic rings. The first-order chi connectivity index (χ1) is 20.8. The van der Waals surface area contributed by atoms with Gasteiger partial charge in [0.2, 0.25) is 0 Å². The second-order valence-electron chi connectivity index (χ2n) is 13.8. The van der Waals surface area contributed by atoms with Gasteiger partial charge in [-0.15, -0.1) is 0 Å². The van der Waals surface area contributed by atoms with Crippen LogP contribution in [-0.2, 0) is 19.3 Å². The van der Waals surface area contributed by atoms with Crippen molar-refractivity contribution in [3.63, 3.8) is 0 Å². The van der Waals surface area contributed by atoms with Crippen LogP contribution in [0.1, 0.15) is 230 Å². The minimum Gasteiger partial charge on any atom is -0.0654 e. The maximum absolute atomic E-state index is 3.89. The van der Waals surface area contributed by atoms with E-state index >= 15 is 0 Å². The van der Waals surface area contributed by atoms with Crippen LogP contribution >= 0.6 is 0 Å². The van der Waals surface area contributed by atoms with Gasteiger partial charge in [0.25, 0.3) is 0 Å². The summed E-state index contributed by atoms with van der Waals surface area (Å²) in [6.45, 7) is 6.94. The summed E-state index contributed by atoms with van der Waals surface area (Å²) in [7, 11) is 0. The molecule has 0 fully saturated rings. The van der Waals surface area contributed by atoms with Crippen molar-refractivity contribution in [1.82, 2.24) is 0 Å². The normalized spacial score (nSPS) is 11.5. The molecule has 0 spiro atoms. The van der Waals surface area contributed by atoms with Crippen LogP contribution in [0.3, 0.4) is 0 Å². The average Bonchev–Trinajstić information content (AvgIpc) is 3.00. The van der Waals surface area contributed by atoms with Gasteiger partial charge in [-0.3, -0.25) is 0 Å². The van der Waals surface area contributed by atoms with Gasteiger partial charge in [-0.25, -0.2) is 0 Å². The molecular formula is C42H77. The SMILES string of the molecule is CCCCCCCCCCCCc1[c]c(CCCCCCCCCCCC)cc(CCCCCCCCCCCC)c1. The summed E-state index contributed by atoms with van der Waals surface area (Å²) in [6, 6.07) is 8.95. The zero-order valence-electron chi connectivity index (χ0n) is 29.5. The maximum Gasteiger partial charge on any atom is -0.0114 e. The van der Waals surface area contributed by atoms with Gasteiger partial charge in [0.05, 0.1) is 0 Å². The van der Waals surface area contributed by atoms with E-state index in [4.69, 9.17) is 0 Å². The second-order valence-corrected chi connectivity index (χ2v) is 13.8. The zero-order valence-corrected chi connectivity index (χ0v) is 29.5. The fourth-order valence-electron chi connectivity index (χ4n) is 6.60. The summed E-state index contributed by atoms with van der Waals surface area (Å²) in [5, 5.41) is 0. The van der Waals surface area contributed by atoms with Gasteiger partial charge in [0, 0.05) is 0 Å². The Hall–Kier alpha value is -0.780. The molecule has 245 valence electrons. The zero-order chi connectivity index (χ0) is 30.2. The first-order valence-corrected chi connectivity index (χ1v) is 19.8. The molecule has 0 N–H and O–H groups in total. The Labute approximate surface area is 267 Å². The van der Waals surface area contributed by atoms with Crippen molar-refractivity contribution in [3.05, 3.63) is 34.9 Å². The highest BCUT2D eigenvalue weighted by Gasteiger charge is 2.05. The lowest BCUT2D eigenvalue weighted by Gasteiger charge is -2.11. The standard InChI is InChI=1S/C42H77/c1-4-7-10-13-16-19-22-25-28-31-34-40-37-41(35-32-29-26-23-20-17-14-11-8-5-2)39-42(38-40)36-33-30-27-24-21-18-15-12-9-6-3/h37-38H,4-36H2,1-3H3. The highest BCUT2D eigenvalue weighted by molar-refractivity contribution is 5.29. The van der Waals surface area contributed by atoms with E-state index in [2.05, 4.69) is 39.0 Å². The molecule has 0 saturated heterocycles. The molecule has 0 aliphatic heterocycles. The molecule has 0 heteroatoms. The molecule has 0 unspecified atom stereocenters. The van der Waals surface area contributed by atoms with Crippen LogP contribution in [0, 0.1) is 6.07 Å². The monoisotopic (exact) mass is 582 g/mol. The Morgan fingerprint density at radius 3 is 0.833 bits per heavy atom. The Kier molecular flexibility index (Phi) is 29.6. The van der Waals surface area contributed by atoms with E-state index in [0.29, 0.717) is 0 Å². The van der Waals surface area contributed by atoms with Gasteiger partial charge in [-0.1, -0.05) is 206 Å². The van der Waals surface area contributed by atoms with E-state index in [1.807, 2.05) is 0 Å². The summed E-state index contributed by atoms with van der Waals surface area (Å²) in [5.41, 5.74) is 4.64. The van der Waals surface area contributed by atoms with Crippen molar-refractivity contribution >= 4 is 0 Å². The maximum atomic E-state index is 3.89. The summed E-state index contributed by atoms with van der Waals surface area (Å²) < 4.78 is 0. The summed E-state index contributed by atoms with van der Waals surface area (Å²) in [5.74, 6) is 0. The molecule has 0 aromatic heterocycles. The number of benzene rings is 1. The number of rotatable bonds is 33. The number of hydrogen-bond acceptors (Lipinski definition) is 0. The summed E-state index contributed by atoms with van der Waals surface area (Å²) in [6.07, 6.45) is 46.5. The predicted molar refractivity (Wildman–Crippen MR) is 192 cm³/mol. The fraction of sp³-hybridized carbons (Fsp3) is 0.857. The van der Waals surface area contributed by atoms with Crippen LogP contribution in [0.2, 0.25) is 0 Å². The van der Waals surface area contributed by atoms with Crippen LogP contribution in [0.25, 0.3) is 0 Å². The number of unbranched alkanes of at least 4 members (excludes halogenated alkanes) is 27. The summed E-state index contributed by atoms with van der Waals surface area (Å²) in [4.78, 5) is 0. The third-order valence-corrected chi connectivity index (χ3v) is 9.46. The molecular weight excluding hydrogens is 504 g/mol. The van der Waals surface area contributed by atoms with Crippen LogP contribution in [0.15, 0.2) is 12.1 Å². The van der Waals surface area contributed by atoms with Crippen molar-refractivity contribution < 1.29 is 0 Å². The number of aryl methyl sites for hydroxylation is 3. The molecule has 1 rings (SSSR count). The van der Waals surface area contributed by atoms with Crippen LogP contribution in [0.5, 0.6) is 0 Å². The van der Waals surface area contributed by atoms with Crippen molar-refractivity contribution in [3.8, 4) is 0 Å². The topological polar surface area (TPSA) is 0 Å². The van der Waals surface area contributed by atoms with Gasteiger partial charge in [-0.2, -0.15) is 0 Å². The molecule has 0 aliphatic carbocycles. The number of hydrogen-bond donors (Lipinski definition) is 0. The largest absolute Gasteiger partial charge is 0.0654 e. The molecule has 42 heavy (non-hydrogen) atoms. The van der Waals surface area contributed by atoms with E-state index in [-0.39, 0.29) is 0 Å². The van der Waals surface area contributed by atoms with Gasteiger partial charge in [0.15, 0.2) is 0 Å². The quantitative estimate of drug-likeness (QED) is 0.0724. The van der Waals surface area contributed by atoms with Crippen molar-refractivity contribution in [2.45, 2.75) is 233 Å². The molecule has 0 amide bonds. The van der Waals surface area contributed by atoms with E-state index in [1.165, 1.54) is 223 Å². The van der Waals surface area contributed by atoms with E-state index in [1.54, 1.807) is 5.56 Å². The molecule has 0 aliphatic rings. The van der Waals surface area contributed by atoms with Gasteiger partial charge in [-0.05, 0) is 61.3 Å². The lowest BCUT2D eigenvalue weighted by molar-refractivity contribution is 0.554. The van der Waals surface area contributed by atoms with Gasteiger partial charge in [0.1, 0.15) is 0 Å². The highest BCUT2D eigenvalue weighted by atomic mass is 14.1. The van der Waals surface area contributed by atoms with Crippen LogP contribution in [0.4, 0.5) is 0 Å². The molecule has 1 aromatic carbocycles. The molecule has 0 saturated carbocycles. The van der Waals surface area contributed by atoms with Crippen molar-refractivity contribution in [2.75, 3.05) is 0 Å². The second kappa shape index (κ2) is 31.6. The minimum absolute atomic E-state index is 1.24. The molecule has 0 atom stereocenters. The first-order valence-electron chi connectivity index (χ1n) is 19.8. The van der Waals surface area contributed by atoms with E-state index in [0.717, 1.165) is 0 Å². The van der Waals surface area contributed by atoms with Gasteiger partial charge >= 0.3 is 0 Å². The Morgan fingerprint density at radius 2 is 0.548 bits per heavy atom. The smallest absolute Gasteiger partial charge is 0.0114 e. The molecule has 0 bridgehead atoms. The average molecular weight is 582 g/mol. The van der Waals surface area contributed by atoms with Crippen molar-refractivity contribution in [2.24, 2.45) is 0 Å². The predicted octanol–water partition coefficient (Wildman–Crippen LogP) is 14.9. The third kappa shape index (κ3) is 25.7. The highest BCUT2D eigenvalue weighted by Crippen LogP contribution is 2.20. The lowest BCUT2D eigenvalue weighted by Crippen LogP contribution is -1.97. The molecule has 0 heterocycles. The molecule has 1 radical (unpaired) electrons. The Morgan fingerprint density at radius 1 is 0.310 bits per heavy atom. The van der Waals surface area contributed by atoms with Gasteiger partial charge < -0.3 is 0 Å². The summed E-state index contributed by atoms with van der Waals surface area (Å²) >= 11 is 0.